The first kappa shape index (κ1) is 20.0. The Morgan fingerprint density at radius 2 is 2.04 bits per heavy atom. The van der Waals surface area contributed by atoms with Crippen LogP contribution in [0.5, 0.6) is 0 Å². The molecule has 0 aliphatic carbocycles. The largest absolute Gasteiger partial charge is 0.357 e. The summed E-state index contributed by atoms with van der Waals surface area (Å²) in [5, 5.41) is 10.9. The molecule has 146 valence electrons. The standard InChI is InChI=1S/C20H28ClN5S/c1-3-22-19(24-15(2)16-6-8-17(21)9-7-16)23-11-10-18-14-27-20(25-18)26-12-4-5-13-26/h6-9,14-15H,3-5,10-13H2,1-2H3,(H2,22,23,24). The van der Waals surface area contributed by atoms with Crippen LogP contribution in [0, 0.1) is 0 Å². The molecule has 1 aromatic heterocycles. The lowest BCUT2D eigenvalue weighted by molar-refractivity contribution is 0.686. The van der Waals surface area contributed by atoms with Crippen molar-refractivity contribution in [2.45, 2.75) is 39.2 Å². The maximum Gasteiger partial charge on any atom is 0.191 e. The second-order valence-corrected chi connectivity index (χ2v) is 8.02. The lowest BCUT2D eigenvalue weighted by Crippen LogP contribution is -2.38. The number of nitrogens with zero attached hydrogens (tertiary/aromatic N) is 3. The summed E-state index contributed by atoms with van der Waals surface area (Å²) >= 11 is 7.73. The normalized spacial score (nSPS) is 15.8. The Kier molecular flexibility index (Phi) is 7.35. The monoisotopic (exact) mass is 405 g/mol. The van der Waals surface area contributed by atoms with Gasteiger partial charge in [-0.3, -0.25) is 4.99 Å². The summed E-state index contributed by atoms with van der Waals surface area (Å²) < 4.78 is 0. The summed E-state index contributed by atoms with van der Waals surface area (Å²) in [7, 11) is 0. The molecule has 1 aliphatic rings. The summed E-state index contributed by atoms with van der Waals surface area (Å²) in [6.07, 6.45) is 3.42. The quantitative estimate of drug-likeness (QED) is 0.534. The molecule has 0 saturated carbocycles. The lowest BCUT2D eigenvalue weighted by atomic mass is 10.1. The predicted octanol–water partition coefficient (Wildman–Crippen LogP) is 4.26. The molecule has 0 radical (unpaired) electrons. The average Bonchev–Trinajstić information content (AvgIpc) is 3.34. The fourth-order valence-corrected chi connectivity index (χ4v) is 4.15. The van der Waals surface area contributed by atoms with Gasteiger partial charge in [-0.05, 0) is 44.4 Å². The molecular formula is C20H28ClN5S. The van der Waals surface area contributed by atoms with E-state index in [1.54, 1.807) is 11.3 Å². The van der Waals surface area contributed by atoms with E-state index in [1.165, 1.54) is 18.4 Å². The Morgan fingerprint density at radius 3 is 2.74 bits per heavy atom. The van der Waals surface area contributed by atoms with Crippen molar-refractivity contribution < 1.29 is 0 Å². The molecule has 0 amide bonds. The zero-order valence-corrected chi connectivity index (χ0v) is 17.6. The van der Waals surface area contributed by atoms with E-state index < -0.39 is 0 Å². The third-order valence-electron chi connectivity index (χ3n) is 4.62. The summed E-state index contributed by atoms with van der Waals surface area (Å²) in [6.45, 7) is 8.02. The van der Waals surface area contributed by atoms with Crippen molar-refractivity contribution in [1.29, 1.82) is 0 Å². The van der Waals surface area contributed by atoms with Crippen LogP contribution in [0.3, 0.4) is 0 Å². The van der Waals surface area contributed by atoms with E-state index in [0.29, 0.717) is 6.54 Å². The van der Waals surface area contributed by atoms with Crippen molar-refractivity contribution >= 4 is 34.0 Å². The Morgan fingerprint density at radius 1 is 1.30 bits per heavy atom. The first-order chi connectivity index (χ1) is 13.2. The highest BCUT2D eigenvalue weighted by Crippen LogP contribution is 2.24. The van der Waals surface area contributed by atoms with Gasteiger partial charge in [0, 0.05) is 43.0 Å². The van der Waals surface area contributed by atoms with Gasteiger partial charge in [0.2, 0.25) is 0 Å². The van der Waals surface area contributed by atoms with Crippen LogP contribution in [0.25, 0.3) is 0 Å². The number of nitrogens with one attached hydrogen (secondary N) is 2. The van der Waals surface area contributed by atoms with Gasteiger partial charge < -0.3 is 15.5 Å². The first-order valence-electron chi connectivity index (χ1n) is 9.65. The molecule has 5 nitrogen and oxygen atoms in total. The van der Waals surface area contributed by atoms with Gasteiger partial charge >= 0.3 is 0 Å². The van der Waals surface area contributed by atoms with E-state index in [2.05, 4.69) is 34.8 Å². The number of anilines is 1. The topological polar surface area (TPSA) is 52.6 Å². The Bertz CT molecular complexity index is 737. The molecule has 27 heavy (non-hydrogen) atoms. The van der Waals surface area contributed by atoms with Crippen LogP contribution >= 0.6 is 22.9 Å². The molecule has 1 aromatic carbocycles. The van der Waals surface area contributed by atoms with E-state index in [-0.39, 0.29) is 6.04 Å². The minimum atomic E-state index is 0.154. The number of guanidine groups is 1. The van der Waals surface area contributed by atoms with Crippen molar-refractivity contribution in [3.63, 3.8) is 0 Å². The molecule has 2 aromatic rings. The molecule has 1 aliphatic heterocycles. The third-order valence-corrected chi connectivity index (χ3v) is 5.82. The van der Waals surface area contributed by atoms with Crippen molar-refractivity contribution in [1.82, 2.24) is 15.6 Å². The fraction of sp³-hybridized carbons (Fsp3) is 0.500. The molecule has 1 atom stereocenters. The Balaban J connectivity index is 1.54. The van der Waals surface area contributed by atoms with Crippen molar-refractivity contribution in [3.05, 3.63) is 45.9 Å². The molecular weight excluding hydrogens is 378 g/mol. The molecule has 2 N–H and O–H groups in total. The number of rotatable bonds is 7. The van der Waals surface area contributed by atoms with Crippen molar-refractivity contribution in [2.75, 3.05) is 31.1 Å². The number of aliphatic imine (C=N–C) groups is 1. The highest BCUT2D eigenvalue weighted by Gasteiger charge is 2.15. The average molecular weight is 406 g/mol. The maximum atomic E-state index is 5.98. The summed E-state index contributed by atoms with van der Waals surface area (Å²) in [6, 6.07) is 8.07. The van der Waals surface area contributed by atoms with Crippen LogP contribution in [0.4, 0.5) is 5.13 Å². The van der Waals surface area contributed by atoms with Crippen LogP contribution < -0.4 is 15.5 Å². The van der Waals surface area contributed by atoms with Crippen LogP contribution in [-0.2, 0) is 6.42 Å². The SMILES string of the molecule is CCNC(=NCCc1csc(N2CCCC2)n1)NC(C)c1ccc(Cl)cc1. The van der Waals surface area contributed by atoms with Crippen molar-refractivity contribution in [2.24, 2.45) is 4.99 Å². The predicted molar refractivity (Wildman–Crippen MR) is 116 cm³/mol. The molecule has 7 heteroatoms. The Labute approximate surface area is 170 Å². The summed E-state index contributed by atoms with van der Waals surface area (Å²) in [5.74, 6) is 0.829. The minimum absolute atomic E-state index is 0.154. The highest BCUT2D eigenvalue weighted by molar-refractivity contribution is 7.13. The van der Waals surface area contributed by atoms with E-state index in [9.17, 15) is 0 Å². The second kappa shape index (κ2) is 9.95. The molecule has 0 spiro atoms. The number of halogens is 1. The van der Waals surface area contributed by atoms with Gasteiger partial charge in [0.1, 0.15) is 0 Å². The van der Waals surface area contributed by atoms with Crippen LogP contribution in [0.1, 0.15) is 44.0 Å². The molecule has 2 heterocycles. The molecule has 1 saturated heterocycles. The minimum Gasteiger partial charge on any atom is -0.357 e. The fourth-order valence-electron chi connectivity index (χ4n) is 3.11. The van der Waals surface area contributed by atoms with Crippen LogP contribution in [0.2, 0.25) is 5.02 Å². The lowest BCUT2D eigenvalue weighted by Gasteiger charge is -2.18. The smallest absolute Gasteiger partial charge is 0.191 e. The van der Waals surface area contributed by atoms with E-state index in [1.807, 2.05) is 24.3 Å². The van der Waals surface area contributed by atoms with E-state index in [4.69, 9.17) is 21.6 Å². The van der Waals surface area contributed by atoms with Crippen LogP contribution in [-0.4, -0.2) is 37.1 Å². The van der Waals surface area contributed by atoms with Crippen LogP contribution in [0.15, 0.2) is 34.6 Å². The number of thiazole rings is 1. The molecule has 1 unspecified atom stereocenters. The van der Waals surface area contributed by atoms with E-state index in [0.717, 1.165) is 47.9 Å². The number of aromatic nitrogens is 1. The third kappa shape index (κ3) is 5.84. The molecule has 0 bridgehead atoms. The second-order valence-electron chi connectivity index (χ2n) is 6.74. The van der Waals surface area contributed by atoms with E-state index >= 15 is 0 Å². The zero-order valence-electron chi connectivity index (χ0n) is 16.0. The van der Waals surface area contributed by atoms with Crippen molar-refractivity contribution in [3.8, 4) is 0 Å². The molecule has 1 fully saturated rings. The Hall–Kier alpha value is -1.79. The van der Waals surface area contributed by atoms with Gasteiger partial charge in [0.05, 0.1) is 11.7 Å². The first-order valence-corrected chi connectivity index (χ1v) is 10.9. The summed E-state index contributed by atoms with van der Waals surface area (Å²) in [4.78, 5) is 11.9. The van der Waals surface area contributed by atoms with Gasteiger partial charge in [-0.15, -0.1) is 11.3 Å². The number of hydrogen-bond acceptors (Lipinski definition) is 4. The van der Waals surface area contributed by atoms with Gasteiger partial charge in [0.25, 0.3) is 0 Å². The highest BCUT2D eigenvalue weighted by atomic mass is 35.5. The van der Waals surface area contributed by atoms with Gasteiger partial charge in [0.15, 0.2) is 11.1 Å². The zero-order chi connectivity index (χ0) is 19.1. The van der Waals surface area contributed by atoms with Gasteiger partial charge in [-0.1, -0.05) is 23.7 Å². The van der Waals surface area contributed by atoms with Gasteiger partial charge in [-0.2, -0.15) is 0 Å². The molecule has 3 rings (SSSR count). The van der Waals surface area contributed by atoms with Gasteiger partial charge in [-0.25, -0.2) is 4.98 Å². The number of hydrogen-bond donors (Lipinski definition) is 2. The maximum absolute atomic E-state index is 5.98. The number of benzene rings is 1. The summed E-state index contributed by atoms with van der Waals surface area (Å²) in [5.41, 5.74) is 2.31.